The highest BCUT2D eigenvalue weighted by Gasteiger charge is 2.36. The molecule has 4 rings (SSSR count). The third-order valence-corrected chi connectivity index (χ3v) is 9.78. The summed E-state index contributed by atoms with van der Waals surface area (Å²) >= 11 is 7.53. The number of thiazole rings is 1. The van der Waals surface area contributed by atoms with Crippen molar-refractivity contribution in [3.63, 3.8) is 0 Å². The number of hydrogen-bond acceptors (Lipinski definition) is 8. The molecule has 1 aromatic heterocycles. The Morgan fingerprint density at radius 2 is 1.86 bits per heavy atom. The molecule has 3 aromatic rings. The van der Waals surface area contributed by atoms with Gasteiger partial charge in [0.25, 0.3) is 15.1 Å². The molecule has 9 nitrogen and oxygen atoms in total. The number of hydrogen-bond donors (Lipinski definition) is 2. The van der Waals surface area contributed by atoms with Crippen molar-refractivity contribution in [1.29, 1.82) is 0 Å². The maximum Gasteiger partial charge on any atom is 0.311 e. The van der Waals surface area contributed by atoms with Crippen LogP contribution in [0.1, 0.15) is 51.1 Å². The number of allylic oxidation sites excluding steroid dienone is 2. The van der Waals surface area contributed by atoms with Crippen LogP contribution in [0.4, 0.5) is 5.69 Å². The zero-order valence-electron chi connectivity index (χ0n) is 24.6. The van der Waals surface area contributed by atoms with Crippen LogP contribution in [0, 0.1) is 5.41 Å². The SMILES string of the molecule is CCN(CCOC(=O)C(C)(C)CC)c1ccc(C2=C(O)/C(=C\c3sc4cc(Cl)ccc4[n+]3CCCS(=O)(=O)O)C2=O)cc1. The van der Waals surface area contributed by atoms with Gasteiger partial charge in [-0.15, -0.1) is 0 Å². The Kier molecular flexibility index (Phi) is 10.0. The van der Waals surface area contributed by atoms with Gasteiger partial charge in [0, 0.05) is 35.8 Å². The lowest BCUT2D eigenvalue weighted by molar-refractivity contribution is -0.668. The van der Waals surface area contributed by atoms with Gasteiger partial charge in [-0.3, -0.25) is 14.1 Å². The van der Waals surface area contributed by atoms with Crippen LogP contribution in [-0.4, -0.2) is 55.3 Å². The van der Waals surface area contributed by atoms with Crippen LogP contribution in [0.3, 0.4) is 0 Å². The van der Waals surface area contributed by atoms with Gasteiger partial charge in [-0.1, -0.05) is 42.0 Å². The number of anilines is 1. The van der Waals surface area contributed by atoms with Gasteiger partial charge in [0.1, 0.15) is 17.1 Å². The molecule has 2 aromatic carbocycles. The molecule has 12 heteroatoms. The Balaban J connectivity index is 1.53. The van der Waals surface area contributed by atoms with E-state index in [9.17, 15) is 23.1 Å². The van der Waals surface area contributed by atoms with Crippen LogP contribution >= 0.6 is 22.9 Å². The fourth-order valence-corrected chi connectivity index (χ4v) is 6.57. The Hall–Kier alpha value is -3.25. The minimum atomic E-state index is -4.12. The lowest BCUT2D eigenvalue weighted by atomic mass is 9.83. The molecular formula is C31H36ClN2O7S2+. The maximum atomic E-state index is 13.2. The van der Waals surface area contributed by atoms with E-state index in [0.29, 0.717) is 35.1 Å². The number of carbonyl (C=O) groups excluding carboxylic acids is 2. The molecule has 0 amide bonds. The van der Waals surface area contributed by atoms with E-state index >= 15 is 0 Å². The molecular weight excluding hydrogens is 612 g/mol. The number of rotatable bonds is 13. The molecule has 0 bridgehead atoms. The van der Waals surface area contributed by atoms with Crippen molar-refractivity contribution in [1.82, 2.24) is 0 Å². The zero-order chi connectivity index (χ0) is 31.5. The zero-order valence-corrected chi connectivity index (χ0v) is 27.0. The number of ether oxygens (including phenoxy) is 1. The van der Waals surface area contributed by atoms with Crippen molar-refractivity contribution in [2.24, 2.45) is 5.41 Å². The number of aryl methyl sites for hydroxylation is 1. The molecule has 0 fully saturated rings. The number of nitrogens with zero attached hydrogens (tertiary/aromatic N) is 2. The number of fused-ring (bicyclic) bond motifs is 1. The Morgan fingerprint density at radius 3 is 2.47 bits per heavy atom. The second-order valence-corrected chi connectivity index (χ2v) is 14.0. The number of ketones is 1. The molecule has 0 aliphatic heterocycles. The Morgan fingerprint density at radius 1 is 1.16 bits per heavy atom. The van der Waals surface area contributed by atoms with Gasteiger partial charge in [0.15, 0.2) is 6.54 Å². The lowest BCUT2D eigenvalue weighted by Crippen LogP contribution is -2.36. The standard InChI is InChI=1S/C31H35ClN2O7S2/c1-5-31(3,4)30(37)41-16-15-33(6-2)22-11-8-20(9-12-22)27-28(35)23(29(27)36)19-26-34(14-7-17-43(38,39)40)24-13-10-21(32)18-25(24)42-26/h8-13,18-19H,5-7,14-17H2,1-4H3,(H-,35,36,38,39,40)/p+1. The molecule has 0 spiro atoms. The van der Waals surface area contributed by atoms with E-state index in [2.05, 4.69) is 4.90 Å². The Bertz CT molecular complexity index is 1710. The predicted octanol–water partition coefficient (Wildman–Crippen LogP) is 5.86. The van der Waals surface area contributed by atoms with Gasteiger partial charge in [0.2, 0.25) is 11.3 Å². The second kappa shape index (κ2) is 13.2. The molecule has 0 atom stereocenters. The van der Waals surface area contributed by atoms with E-state index in [1.807, 2.05) is 50.5 Å². The topological polar surface area (TPSA) is 125 Å². The summed E-state index contributed by atoms with van der Waals surface area (Å²) in [4.78, 5) is 27.5. The Labute approximate surface area is 260 Å². The van der Waals surface area contributed by atoms with Crippen molar-refractivity contribution in [3.05, 3.63) is 69.4 Å². The van der Waals surface area contributed by atoms with Crippen LogP contribution in [0.2, 0.25) is 5.02 Å². The third kappa shape index (κ3) is 7.46. The summed E-state index contributed by atoms with van der Waals surface area (Å²) in [6.45, 7) is 9.43. The first-order valence-corrected chi connectivity index (χ1v) is 16.9. The first-order chi connectivity index (χ1) is 20.3. The average molecular weight is 648 g/mol. The molecule has 2 N–H and O–H groups in total. The predicted molar refractivity (Wildman–Crippen MR) is 170 cm³/mol. The van der Waals surface area contributed by atoms with E-state index in [1.54, 1.807) is 30.3 Å². The molecule has 1 aliphatic carbocycles. The number of carbonyl (C=O) groups is 2. The summed E-state index contributed by atoms with van der Waals surface area (Å²) < 4.78 is 39.8. The van der Waals surface area contributed by atoms with Gasteiger partial charge >= 0.3 is 5.97 Å². The smallest absolute Gasteiger partial charge is 0.311 e. The first-order valence-electron chi connectivity index (χ1n) is 14.1. The third-order valence-electron chi connectivity index (χ3n) is 7.64. The van der Waals surface area contributed by atoms with E-state index < -0.39 is 21.3 Å². The van der Waals surface area contributed by atoms with Gasteiger partial charge in [0.05, 0.1) is 28.9 Å². The summed E-state index contributed by atoms with van der Waals surface area (Å²) in [6, 6.07) is 12.6. The molecule has 43 heavy (non-hydrogen) atoms. The highest BCUT2D eigenvalue weighted by molar-refractivity contribution is 7.85. The molecule has 1 heterocycles. The van der Waals surface area contributed by atoms with Gasteiger partial charge in [-0.2, -0.15) is 13.0 Å². The molecule has 230 valence electrons. The summed E-state index contributed by atoms with van der Waals surface area (Å²) in [5.41, 5.74) is 2.14. The largest absolute Gasteiger partial charge is 0.506 e. The minimum absolute atomic E-state index is 0.115. The number of Topliss-reactive ketones (excluding diaryl/α,β-unsaturated/α-hetero) is 1. The molecule has 0 unspecified atom stereocenters. The van der Waals surface area contributed by atoms with Gasteiger partial charge < -0.3 is 14.7 Å². The van der Waals surface area contributed by atoms with Crippen LogP contribution in [-0.2, 0) is 31.0 Å². The monoisotopic (exact) mass is 647 g/mol. The van der Waals surface area contributed by atoms with Crippen LogP contribution in [0.15, 0.2) is 53.8 Å². The maximum absolute atomic E-state index is 13.2. The van der Waals surface area contributed by atoms with Crippen molar-refractivity contribution >= 4 is 72.4 Å². The van der Waals surface area contributed by atoms with E-state index in [-0.39, 0.29) is 48.2 Å². The molecule has 0 saturated heterocycles. The normalized spacial score (nSPS) is 14.8. The van der Waals surface area contributed by atoms with E-state index in [4.69, 9.17) is 20.9 Å². The van der Waals surface area contributed by atoms with Crippen molar-refractivity contribution in [3.8, 4) is 0 Å². The van der Waals surface area contributed by atoms with Crippen LogP contribution in [0.25, 0.3) is 21.9 Å². The van der Waals surface area contributed by atoms with Crippen molar-refractivity contribution < 1.29 is 37.0 Å². The summed E-state index contributed by atoms with van der Waals surface area (Å²) in [5, 5.41) is 12.1. The number of likely N-dealkylation sites (N-methyl/N-ethyl adjacent to an activating group) is 1. The number of esters is 1. The number of aromatic nitrogens is 1. The summed E-state index contributed by atoms with van der Waals surface area (Å²) in [6.07, 6.45) is 2.45. The highest BCUT2D eigenvalue weighted by atomic mass is 35.5. The fourth-order valence-electron chi connectivity index (χ4n) is 4.67. The number of benzene rings is 2. The van der Waals surface area contributed by atoms with Crippen LogP contribution in [0.5, 0.6) is 0 Å². The number of halogens is 1. The van der Waals surface area contributed by atoms with Crippen molar-refractivity contribution in [2.75, 3.05) is 30.3 Å². The van der Waals surface area contributed by atoms with Gasteiger partial charge in [-0.05, 0) is 57.0 Å². The number of aliphatic hydroxyl groups is 1. The summed E-state index contributed by atoms with van der Waals surface area (Å²) in [5.74, 6) is -1.04. The van der Waals surface area contributed by atoms with E-state index in [0.717, 1.165) is 15.9 Å². The molecule has 0 saturated carbocycles. The molecule has 0 radical (unpaired) electrons. The second-order valence-electron chi connectivity index (χ2n) is 11.0. The number of aliphatic hydroxyl groups excluding tert-OH is 1. The quantitative estimate of drug-likeness (QED) is 0.102. The van der Waals surface area contributed by atoms with Gasteiger partial charge in [-0.25, -0.2) is 0 Å². The average Bonchev–Trinajstić information content (AvgIpc) is 3.29. The van der Waals surface area contributed by atoms with Crippen molar-refractivity contribution in [2.45, 2.75) is 47.1 Å². The fraction of sp³-hybridized carbons (Fsp3) is 0.387. The minimum Gasteiger partial charge on any atom is -0.506 e. The first kappa shape index (κ1) is 32.7. The highest BCUT2D eigenvalue weighted by Crippen LogP contribution is 2.38. The lowest BCUT2D eigenvalue weighted by Gasteiger charge is -2.26. The van der Waals surface area contributed by atoms with Crippen LogP contribution < -0.4 is 9.47 Å². The molecule has 1 aliphatic rings. The van der Waals surface area contributed by atoms with E-state index in [1.165, 1.54) is 11.3 Å². The summed E-state index contributed by atoms with van der Waals surface area (Å²) in [7, 11) is -4.12.